The number of fused-ring (bicyclic) bond motifs is 8. The van der Waals surface area contributed by atoms with Gasteiger partial charge in [-0.25, -0.2) is 0 Å². The Balaban J connectivity index is 0.809. The third kappa shape index (κ3) is 14.1. The van der Waals surface area contributed by atoms with Gasteiger partial charge in [0.25, 0.3) is 20.2 Å². The van der Waals surface area contributed by atoms with Crippen molar-refractivity contribution < 1.29 is 55.3 Å². The molecule has 0 aromatic heterocycles. The summed E-state index contributed by atoms with van der Waals surface area (Å²) in [5, 5.41) is 35.7. The van der Waals surface area contributed by atoms with Crippen molar-refractivity contribution in [2.24, 2.45) is 87.3 Å². The van der Waals surface area contributed by atoms with Crippen LogP contribution in [0.3, 0.4) is 0 Å². The van der Waals surface area contributed by atoms with Crippen LogP contribution in [0.2, 0.25) is 0 Å². The molecular weight excluding hydrogens is 985 g/mol. The molecule has 0 aliphatic heterocycles. The van der Waals surface area contributed by atoms with E-state index in [1.807, 2.05) is 0 Å². The van der Waals surface area contributed by atoms with Gasteiger partial charge in [0.1, 0.15) is 0 Å². The lowest BCUT2D eigenvalue weighted by Gasteiger charge is -2.62. The fourth-order valence-electron chi connectivity index (χ4n) is 18.4. The predicted molar refractivity (Wildman–Crippen MR) is 284 cm³/mol. The van der Waals surface area contributed by atoms with E-state index in [1.165, 1.54) is 0 Å². The first-order valence-corrected chi connectivity index (χ1v) is 32.3. The Labute approximate surface area is 443 Å². The van der Waals surface area contributed by atoms with Gasteiger partial charge in [-0.3, -0.25) is 28.3 Å². The smallest absolute Gasteiger partial charge is 0.266 e. The van der Waals surface area contributed by atoms with Crippen molar-refractivity contribution in [3.05, 3.63) is 0 Å². The van der Waals surface area contributed by atoms with Crippen LogP contribution in [0, 0.1) is 87.3 Å². The molecule has 8 N–H and O–H groups in total. The van der Waals surface area contributed by atoms with Gasteiger partial charge in [0, 0.05) is 50.9 Å². The Kier molecular flexibility index (Phi) is 19.5. The first-order chi connectivity index (χ1) is 34.7. The minimum atomic E-state index is -4.12. The Morgan fingerprint density at radius 3 is 1.81 bits per heavy atom. The molecule has 7 aliphatic rings. The van der Waals surface area contributed by atoms with Gasteiger partial charge in [0.2, 0.25) is 23.6 Å². The van der Waals surface area contributed by atoms with Gasteiger partial charge in [0.05, 0.1) is 23.7 Å². The maximum Gasteiger partial charge on any atom is 0.266 e. The maximum absolute atomic E-state index is 13.4. The molecule has 7 aliphatic carbocycles. The number of hydrogen-bond acceptors (Lipinski definition) is 10. The SMILES string of the molecule is CCC1C2C(CC[C@]1(C)C[C@H](C)CCC(=O)NCCS(=O)(=O)O)C1CC[C@@H](NC(=O)CCCC(=O)N[C@H]3CC[C@@]4(C)C(C3)C[C@H](O)C3C4CC[C@@]4(C)C3CC[C@@H]4[C@H](C)CCC(=O)NCCS(=O)(=O)O)CC1C[C@H]2O. The summed E-state index contributed by atoms with van der Waals surface area (Å²) in [6.45, 7) is 13.7. The second-order valence-electron chi connectivity index (χ2n) is 26.3. The van der Waals surface area contributed by atoms with E-state index in [2.05, 4.69) is 62.8 Å². The van der Waals surface area contributed by atoms with E-state index in [4.69, 9.17) is 9.11 Å². The highest BCUT2D eigenvalue weighted by Crippen LogP contribution is 2.68. The number of amides is 4. The van der Waals surface area contributed by atoms with Gasteiger partial charge in [-0.1, -0.05) is 48.0 Å². The van der Waals surface area contributed by atoms with Crippen LogP contribution in [0.25, 0.3) is 0 Å². The number of hydrogen-bond donors (Lipinski definition) is 8. The molecule has 0 radical (unpaired) electrons. The van der Waals surface area contributed by atoms with E-state index in [-0.39, 0.29) is 95.0 Å². The van der Waals surface area contributed by atoms with Crippen molar-refractivity contribution in [2.75, 3.05) is 24.6 Å². The molecule has 0 aromatic rings. The molecule has 7 saturated carbocycles. The first-order valence-electron chi connectivity index (χ1n) is 29.1. The molecule has 0 heterocycles. The number of nitrogens with one attached hydrogen (secondary N) is 4. The summed E-state index contributed by atoms with van der Waals surface area (Å²) in [4.78, 5) is 51.6. The molecule has 4 amide bonds. The molecule has 18 heteroatoms. The monoisotopic (exact) mass is 1080 g/mol. The molecule has 19 atom stereocenters. The summed E-state index contributed by atoms with van der Waals surface area (Å²) in [5.41, 5.74) is 0.234. The fourth-order valence-corrected chi connectivity index (χ4v) is 19.1. The van der Waals surface area contributed by atoms with Crippen molar-refractivity contribution in [3.63, 3.8) is 0 Å². The second kappa shape index (κ2) is 24.3. The van der Waals surface area contributed by atoms with Gasteiger partial charge in [-0.2, -0.15) is 16.8 Å². The summed E-state index contributed by atoms with van der Waals surface area (Å²) in [7, 11) is -8.24. The van der Waals surface area contributed by atoms with E-state index in [9.17, 15) is 46.2 Å². The molecule has 424 valence electrons. The third-order valence-electron chi connectivity index (χ3n) is 21.8. The van der Waals surface area contributed by atoms with Crippen LogP contribution >= 0.6 is 0 Å². The van der Waals surface area contributed by atoms with Crippen LogP contribution in [0.15, 0.2) is 0 Å². The number of aliphatic hydroxyl groups excluding tert-OH is 2. The summed E-state index contributed by atoms with van der Waals surface area (Å²) >= 11 is 0. The Bertz CT molecular complexity index is 2200. The Hall–Kier alpha value is -2.38. The average Bonchev–Trinajstić information content (AvgIpc) is 3.66. The Morgan fingerprint density at radius 1 is 0.608 bits per heavy atom. The lowest BCUT2D eigenvalue weighted by Crippen LogP contribution is -2.59. The zero-order valence-corrected chi connectivity index (χ0v) is 47.3. The van der Waals surface area contributed by atoms with Crippen LogP contribution in [-0.4, -0.2) is 109 Å². The van der Waals surface area contributed by atoms with E-state index in [1.54, 1.807) is 0 Å². The van der Waals surface area contributed by atoms with Gasteiger partial charge in [-0.15, -0.1) is 0 Å². The molecule has 74 heavy (non-hydrogen) atoms. The Morgan fingerprint density at radius 2 is 1.19 bits per heavy atom. The minimum Gasteiger partial charge on any atom is -0.393 e. The lowest BCUT2D eigenvalue weighted by molar-refractivity contribution is -0.167. The molecule has 0 saturated heterocycles. The minimum absolute atomic E-state index is 0.00984. The molecule has 0 aromatic carbocycles. The van der Waals surface area contributed by atoms with E-state index in [0.717, 1.165) is 103 Å². The van der Waals surface area contributed by atoms with Gasteiger partial charge in [0.15, 0.2) is 0 Å². The summed E-state index contributed by atoms with van der Waals surface area (Å²) < 4.78 is 62.1. The molecule has 7 rings (SSSR count). The van der Waals surface area contributed by atoms with E-state index < -0.39 is 31.7 Å². The largest absolute Gasteiger partial charge is 0.393 e. The van der Waals surface area contributed by atoms with Gasteiger partial charge < -0.3 is 31.5 Å². The average molecular weight is 1080 g/mol. The number of carbonyl (C=O) groups is 4. The van der Waals surface area contributed by atoms with Crippen molar-refractivity contribution in [3.8, 4) is 0 Å². The molecule has 9 unspecified atom stereocenters. The second-order valence-corrected chi connectivity index (χ2v) is 29.5. The highest BCUT2D eigenvalue weighted by Gasteiger charge is 2.63. The maximum atomic E-state index is 13.4. The van der Waals surface area contributed by atoms with Crippen molar-refractivity contribution in [1.82, 2.24) is 21.3 Å². The van der Waals surface area contributed by atoms with Crippen LogP contribution in [-0.2, 0) is 39.4 Å². The van der Waals surface area contributed by atoms with Crippen molar-refractivity contribution in [1.29, 1.82) is 0 Å². The molecular formula is C56H96N4O12S2. The van der Waals surface area contributed by atoms with Crippen LogP contribution in [0.5, 0.6) is 0 Å². The number of carbonyl (C=O) groups excluding carboxylic acids is 4. The molecule has 16 nitrogen and oxygen atoms in total. The highest BCUT2D eigenvalue weighted by atomic mass is 32.2. The number of aliphatic hydroxyl groups is 2. The summed E-state index contributed by atoms with van der Waals surface area (Å²) in [6, 6.07) is 0.132. The van der Waals surface area contributed by atoms with Gasteiger partial charge in [-0.05, 0) is 203 Å². The molecule has 7 fully saturated rings. The van der Waals surface area contributed by atoms with Crippen LogP contribution in [0.4, 0.5) is 0 Å². The molecule has 0 spiro atoms. The van der Waals surface area contributed by atoms with Gasteiger partial charge >= 0.3 is 0 Å². The van der Waals surface area contributed by atoms with Crippen LogP contribution < -0.4 is 21.3 Å². The fraction of sp³-hybridized carbons (Fsp3) is 0.929. The normalized spacial score (nSPS) is 39.6. The summed E-state index contributed by atoms with van der Waals surface area (Å²) in [5.74, 6) is 3.00. The first kappa shape index (κ1) is 59.3. The molecule has 0 bridgehead atoms. The van der Waals surface area contributed by atoms with E-state index >= 15 is 0 Å². The standard InChI is InChI=1S/C56H96N4O12S2/c1-7-42-52-41(20-22-54(42,4)33-34(2)11-17-48(63)57-25-27-73(67,68)69)40-14-13-38(29-36(40)30-46(52)61)59-50(65)9-8-10-51(66)60-39-19-23-55(5)37(31-39)32-47(62)53-44-16-15-43(56(44,6)24-21-45(53)55)35(3)12-18-49(64)58-26-28-74(70,71)72/h34-47,52-53,61-62H,7-33H2,1-6H3,(H,57,63)(H,58,64)(H,59,65)(H,60,66)(H,67,68,69)(H,70,71,72)/t34-,35-,36?,37?,38-,39+,40?,41?,42?,43-,44?,45?,46-,47+,52?,53?,54-,55+,56-/m1/s1. The number of rotatable bonds is 22. The summed E-state index contributed by atoms with van der Waals surface area (Å²) in [6.07, 6.45) is 17.9. The van der Waals surface area contributed by atoms with E-state index in [0.29, 0.717) is 98.2 Å². The predicted octanol–water partition coefficient (Wildman–Crippen LogP) is 7.23. The third-order valence-corrected chi connectivity index (χ3v) is 23.2. The lowest BCUT2D eigenvalue weighted by atomic mass is 9.43. The van der Waals surface area contributed by atoms with Crippen molar-refractivity contribution in [2.45, 2.75) is 214 Å². The topological polar surface area (TPSA) is 266 Å². The van der Waals surface area contributed by atoms with Crippen molar-refractivity contribution >= 4 is 43.9 Å². The quantitative estimate of drug-likeness (QED) is 0.0500. The van der Waals surface area contributed by atoms with Crippen LogP contribution in [0.1, 0.15) is 189 Å². The zero-order chi connectivity index (χ0) is 54.0. The zero-order valence-electron chi connectivity index (χ0n) is 45.7. The highest BCUT2D eigenvalue weighted by molar-refractivity contribution is 7.86.